The minimum atomic E-state index is -2.39. The van der Waals surface area contributed by atoms with E-state index in [1.807, 2.05) is 48.5 Å². The number of aromatic nitrogens is 2. The van der Waals surface area contributed by atoms with Crippen molar-refractivity contribution in [3.8, 4) is 21.8 Å². The van der Waals surface area contributed by atoms with Gasteiger partial charge in [-0.2, -0.15) is 4.21 Å². The van der Waals surface area contributed by atoms with Gasteiger partial charge in [0, 0.05) is 21.9 Å². The molecular formula is C26H22N4O3S3. The van der Waals surface area contributed by atoms with Gasteiger partial charge in [-0.1, -0.05) is 72.8 Å². The van der Waals surface area contributed by atoms with Crippen molar-refractivity contribution in [1.29, 1.82) is 0 Å². The van der Waals surface area contributed by atoms with E-state index in [2.05, 4.69) is 50.1 Å². The van der Waals surface area contributed by atoms with Crippen LogP contribution in [-0.4, -0.2) is 18.7 Å². The Morgan fingerprint density at radius 3 is 2.25 bits per heavy atom. The van der Waals surface area contributed by atoms with Crippen LogP contribution in [0.25, 0.3) is 21.8 Å². The molecule has 2 heterocycles. The van der Waals surface area contributed by atoms with E-state index >= 15 is 0 Å². The van der Waals surface area contributed by atoms with Crippen LogP contribution in [0.3, 0.4) is 0 Å². The van der Waals surface area contributed by atoms with Crippen molar-refractivity contribution in [1.82, 2.24) is 9.97 Å². The Bertz CT molecular complexity index is 1420. The number of nitrogens with zero attached hydrogens (tertiary/aromatic N) is 2. The highest BCUT2D eigenvalue weighted by Gasteiger charge is 2.19. The first-order valence-electron chi connectivity index (χ1n) is 11.1. The highest BCUT2D eigenvalue weighted by Crippen LogP contribution is 2.32. The van der Waals surface area contributed by atoms with Gasteiger partial charge < -0.3 is 5.32 Å². The molecule has 1 unspecified atom stereocenters. The highest BCUT2D eigenvalue weighted by molar-refractivity contribution is 7.74. The quantitative estimate of drug-likeness (QED) is 0.134. The Morgan fingerprint density at radius 1 is 0.861 bits per heavy atom. The molecule has 7 nitrogen and oxygen atoms in total. The average Bonchev–Trinajstić information content (AvgIpc) is 3.59. The maximum atomic E-state index is 10.7. The molecule has 5 rings (SSSR count). The summed E-state index contributed by atoms with van der Waals surface area (Å²) in [5.74, 6) is 0. The molecule has 0 bridgehead atoms. The number of nitrogens with one attached hydrogen (secondary N) is 2. The van der Waals surface area contributed by atoms with Crippen molar-refractivity contribution < 1.29 is 13.0 Å². The monoisotopic (exact) mass is 534 g/mol. The van der Waals surface area contributed by atoms with Crippen molar-refractivity contribution in [2.75, 3.05) is 10.8 Å². The molecule has 3 aromatic carbocycles. The third-order valence-corrected chi connectivity index (χ3v) is 7.30. The molecular weight excluding hydrogens is 513 g/mol. The van der Waals surface area contributed by atoms with E-state index in [4.69, 9.17) is 14.5 Å². The van der Waals surface area contributed by atoms with Crippen LogP contribution in [0.4, 0.5) is 10.8 Å². The Kier molecular flexibility index (Phi) is 7.79. The SMILES string of the molecule is O=S(O)ONc1ccc(C[C@H](Nc2nc(-c3ccccc3)cs2)c2csc(-c3ccccc3)n2)cc1. The minimum absolute atomic E-state index is 0.103. The second-order valence-electron chi connectivity index (χ2n) is 7.85. The summed E-state index contributed by atoms with van der Waals surface area (Å²) in [6.45, 7) is 0. The van der Waals surface area contributed by atoms with Crippen LogP contribution in [0.1, 0.15) is 17.3 Å². The van der Waals surface area contributed by atoms with E-state index in [0.29, 0.717) is 12.1 Å². The van der Waals surface area contributed by atoms with E-state index in [9.17, 15) is 4.21 Å². The van der Waals surface area contributed by atoms with E-state index in [1.54, 1.807) is 34.8 Å². The van der Waals surface area contributed by atoms with Gasteiger partial charge in [0.25, 0.3) is 0 Å². The molecule has 0 aliphatic heterocycles. The molecule has 2 atom stereocenters. The number of benzene rings is 3. The van der Waals surface area contributed by atoms with Gasteiger partial charge in [-0.25, -0.2) is 15.4 Å². The lowest BCUT2D eigenvalue weighted by Gasteiger charge is -2.17. The van der Waals surface area contributed by atoms with Gasteiger partial charge in [-0.05, 0) is 24.1 Å². The summed E-state index contributed by atoms with van der Waals surface area (Å²) in [6.07, 6.45) is 0.672. The highest BCUT2D eigenvalue weighted by atomic mass is 32.2. The fourth-order valence-corrected chi connectivity index (χ4v) is 5.47. The molecule has 2 aromatic heterocycles. The molecule has 0 spiro atoms. The van der Waals surface area contributed by atoms with E-state index < -0.39 is 11.4 Å². The fourth-order valence-electron chi connectivity index (χ4n) is 3.65. The Balaban J connectivity index is 1.39. The second-order valence-corrected chi connectivity index (χ2v) is 10.2. The van der Waals surface area contributed by atoms with Gasteiger partial charge in [0.2, 0.25) is 0 Å². The first kappa shape index (κ1) is 24.3. The molecule has 0 radical (unpaired) electrons. The van der Waals surface area contributed by atoms with Crippen LogP contribution < -0.4 is 10.8 Å². The normalized spacial score (nSPS) is 12.7. The maximum Gasteiger partial charge on any atom is 0.324 e. The minimum Gasteiger partial charge on any atom is -0.353 e. The van der Waals surface area contributed by atoms with E-state index in [0.717, 1.165) is 38.2 Å². The summed E-state index contributed by atoms with van der Waals surface area (Å²) in [6, 6.07) is 27.6. The van der Waals surface area contributed by atoms with E-state index in [1.165, 1.54) is 0 Å². The van der Waals surface area contributed by atoms with Gasteiger partial charge in [-0.15, -0.1) is 27.0 Å². The third-order valence-electron chi connectivity index (χ3n) is 5.40. The number of hydrogen-bond donors (Lipinski definition) is 3. The summed E-state index contributed by atoms with van der Waals surface area (Å²) in [5.41, 5.74) is 8.14. The zero-order chi connectivity index (χ0) is 24.7. The van der Waals surface area contributed by atoms with Crippen molar-refractivity contribution in [3.63, 3.8) is 0 Å². The van der Waals surface area contributed by atoms with Crippen molar-refractivity contribution in [2.45, 2.75) is 12.5 Å². The Morgan fingerprint density at radius 2 is 1.56 bits per heavy atom. The smallest absolute Gasteiger partial charge is 0.324 e. The molecule has 0 aliphatic carbocycles. The van der Waals surface area contributed by atoms with Gasteiger partial charge in [0.05, 0.1) is 23.1 Å². The van der Waals surface area contributed by atoms with E-state index in [-0.39, 0.29) is 6.04 Å². The van der Waals surface area contributed by atoms with Crippen molar-refractivity contribution in [3.05, 3.63) is 107 Å². The largest absolute Gasteiger partial charge is 0.353 e. The molecule has 36 heavy (non-hydrogen) atoms. The molecule has 182 valence electrons. The standard InChI is InChI=1S/C26H22N4O3S3/c31-36(32)33-30-21-13-11-18(12-14-21)15-22(24-17-34-25(27-24)20-9-5-2-6-10-20)28-26-29-23(16-35-26)19-7-3-1-4-8-19/h1-14,16-17,22,30H,15H2,(H,28,29)(H,31,32)/t22-/m0/s1. The summed E-state index contributed by atoms with van der Waals surface area (Å²) in [5, 5.41) is 9.53. The zero-order valence-electron chi connectivity index (χ0n) is 18.9. The van der Waals surface area contributed by atoms with Gasteiger partial charge >= 0.3 is 11.4 Å². The molecule has 3 N–H and O–H groups in total. The molecule has 0 amide bonds. The predicted octanol–water partition coefficient (Wildman–Crippen LogP) is 6.81. The molecule has 5 aromatic rings. The third kappa shape index (κ3) is 6.23. The van der Waals surface area contributed by atoms with Gasteiger partial charge in [0.15, 0.2) is 5.13 Å². The van der Waals surface area contributed by atoms with Crippen LogP contribution in [0.2, 0.25) is 0 Å². The summed E-state index contributed by atoms with van der Waals surface area (Å²) in [7, 11) is 0. The molecule has 0 saturated carbocycles. The van der Waals surface area contributed by atoms with Crippen LogP contribution in [0.5, 0.6) is 0 Å². The van der Waals surface area contributed by atoms with Crippen LogP contribution in [-0.2, 0) is 22.1 Å². The first-order chi connectivity index (χ1) is 17.6. The van der Waals surface area contributed by atoms with Crippen LogP contribution in [0, 0.1) is 0 Å². The first-order valence-corrected chi connectivity index (χ1v) is 13.8. The average molecular weight is 535 g/mol. The van der Waals surface area contributed by atoms with Crippen LogP contribution >= 0.6 is 22.7 Å². The predicted molar refractivity (Wildman–Crippen MR) is 147 cm³/mol. The van der Waals surface area contributed by atoms with Crippen molar-refractivity contribution in [2.24, 2.45) is 0 Å². The Labute approximate surface area is 219 Å². The number of hydrogen-bond acceptors (Lipinski definition) is 8. The van der Waals surface area contributed by atoms with Gasteiger partial charge in [-0.3, -0.25) is 4.55 Å². The number of anilines is 2. The van der Waals surface area contributed by atoms with Gasteiger partial charge in [0.1, 0.15) is 5.01 Å². The summed E-state index contributed by atoms with van der Waals surface area (Å²) in [4.78, 5) is 9.75. The lowest BCUT2D eigenvalue weighted by molar-refractivity contribution is 0.373. The topological polar surface area (TPSA) is 96.4 Å². The zero-order valence-corrected chi connectivity index (χ0v) is 21.4. The fraction of sp³-hybridized carbons (Fsp3) is 0.0769. The summed E-state index contributed by atoms with van der Waals surface area (Å²) >= 11 is 0.798. The maximum absolute atomic E-state index is 10.7. The molecule has 0 fully saturated rings. The molecule has 10 heteroatoms. The Hall–Kier alpha value is -3.41. The lowest BCUT2D eigenvalue weighted by Crippen LogP contribution is -2.14. The number of rotatable bonds is 10. The molecule has 0 aliphatic rings. The van der Waals surface area contributed by atoms with Crippen LogP contribution in [0.15, 0.2) is 95.7 Å². The second kappa shape index (κ2) is 11.5. The lowest BCUT2D eigenvalue weighted by atomic mass is 10.0. The summed E-state index contributed by atoms with van der Waals surface area (Å²) < 4.78 is 24.0. The van der Waals surface area contributed by atoms with Crippen molar-refractivity contribution >= 4 is 44.9 Å². The molecule has 0 saturated heterocycles. The number of thiazole rings is 2.